The molecule has 0 fully saturated rings. The van der Waals surface area contributed by atoms with Gasteiger partial charge in [-0.2, -0.15) is 12.8 Å². The molecule has 0 aliphatic heterocycles. The van der Waals surface area contributed by atoms with Crippen LogP contribution in [0, 0.1) is 11.8 Å². The topological polar surface area (TPSA) is 120 Å². The average molecular weight is 396 g/mol. The van der Waals surface area contributed by atoms with Crippen molar-refractivity contribution in [3.05, 3.63) is 59.7 Å². The largest absolute Gasteiger partial charge is 0.438 e. The standard InChI is InChI=1S/C16H14F2N4O4S/c1-20-7-9-8-22(14(13(9)17)10-3-2-6-21-15(10)18)27(24,25)12-5-4-11(26-12)16(19)23/h2-6,8,20H,7H2,1H3,(H2,19,23). The molecule has 0 bridgehead atoms. The van der Waals surface area contributed by atoms with Gasteiger partial charge in [-0.25, -0.2) is 13.3 Å². The van der Waals surface area contributed by atoms with Crippen molar-refractivity contribution >= 4 is 15.9 Å². The van der Waals surface area contributed by atoms with E-state index >= 15 is 0 Å². The maximum absolute atomic E-state index is 14.9. The fraction of sp³-hybridized carbons (Fsp3) is 0.125. The summed E-state index contributed by atoms with van der Waals surface area (Å²) >= 11 is 0. The lowest BCUT2D eigenvalue weighted by atomic mass is 10.2. The van der Waals surface area contributed by atoms with Gasteiger partial charge in [-0.1, -0.05) is 0 Å². The summed E-state index contributed by atoms with van der Waals surface area (Å²) in [6.45, 7) is -0.00603. The Hall–Kier alpha value is -3.05. The van der Waals surface area contributed by atoms with Gasteiger partial charge in [0.2, 0.25) is 11.0 Å². The summed E-state index contributed by atoms with van der Waals surface area (Å²) in [5.41, 5.74) is 4.16. The minimum absolute atomic E-state index is 0.00603. The molecule has 0 spiro atoms. The molecule has 0 aliphatic rings. The highest BCUT2D eigenvalue weighted by Crippen LogP contribution is 2.32. The normalized spacial score (nSPS) is 11.7. The lowest BCUT2D eigenvalue weighted by Gasteiger charge is -2.09. The number of pyridine rings is 1. The third-order valence-electron chi connectivity index (χ3n) is 3.70. The van der Waals surface area contributed by atoms with Crippen molar-refractivity contribution in [2.45, 2.75) is 11.6 Å². The third-order valence-corrected chi connectivity index (χ3v) is 5.24. The van der Waals surface area contributed by atoms with E-state index in [1.54, 1.807) is 7.05 Å². The van der Waals surface area contributed by atoms with Gasteiger partial charge in [-0.05, 0) is 31.3 Å². The van der Waals surface area contributed by atoms with Crippen molar-refractivity contribution in [2.75, 3.05) is 7.05 Å². The van der Waals surface area contributed by atoms with Gasteiger partial charge in [0.25, 0.3) is 5.91 Å². The predicted molar refractivity (Wildman–Crippen MR) is 90.2 cm³/mol. The van der Waals surface area contributed by atoms with Crippen LogP contribution in [0.15, 0.2) is 46.2 Å². The molecule has 0 aromatic carbocycles. The summed E-state index contributed by atoms with van der Waals surface area (Å²) in [7, 11) is -2.94. The third kappa shape index (κ3) is 3.22. The molecule has 3 aromatic rings. The van der Waals surface area contributed by atoms with Crippen molar-refractivity contribution in [1.29, 1.82) is 0 Å². The fourth-order valence-electron chi connectivity index (χ4n) is 2.50. The van der Waals surface area contributed by atoms with Crippen LogP contribution in [-0.2, 0) is 16.6 Å². The number of amides is 1. The van der Waals surface area contributed by atoms with Crippen molar-refractivity contribution in [1.82, 2.24) is 14.3 Å². The number of rotatable bonds is 6. The molecule has 3 heterocycles. The van der Waals surface area contributed by atoms with Gasteiger partial charge >= 0.3 is 10.0 Å². The van der Waals surface area contributed by atoms with Crippen LogP contribution in [-0.4, -0.2) is 30.3 Å². The zero-order chi connectivity index (χ0) is 19.8. The molecule has 8 nitrogen and oxygen atoms in total. The van der Waals surface area contributed by atoms with Crippen LogP contribution in [0.2, 0.25) is 0 Å². The number of carbonyl (C=O) groups is 1. The zero-order valence-electron chi connectivity index (χ0n) is 13.9. The number of carbonyl (C=O) groups excluding carboxylic acids is 1. The smallest absolute Gasteiger partial charge is 0.301 e. The molecule has 0 radical (unpaired) electrons. The molecule has 1 amide bonds. The van der Waals surface area contributed by atoms with E-state index in [2.05, 4.69) is 10.3 Å². The zero-order valence-corrected chi connectivity index (χ0v) is 14.8. The number of nitrogens with one attached hydrogen (secondary N) is 1. The number of aromatic nitrogens is 2. The van der Waals surface area contributed by atoms with E-state index in [1.807, 2.05) is 0 Å². The van der Waals surface area contributed by atoms with Crippen molar-refractivity contribution < 1.29 is 26.4 Å². The minimum atomic E-state index is -4.49. The molecular weight excluding hydrogens is 382 g/mol. The van der Waals surface area contributed by atoms with Crippen LogP contribution in [0.25, 0.3) is 11.3 Å². The number of furan rings is 1. The monoisotopic (exact) mass is 396 g/mol. The summed E-state index contributed by atoms with van der Waals surface area (Å²) < 4.78 is 60.4. The Morgan fingerprint density at radius 2 is 2.07 bits per heavy atom. The molecule has 11 heteroatoms. The first-order chi connectivity index (χ1) is 12.8. The Balaban J connectivity index is 2.26. The Labute approximate surface area is 152 Å². The highest BCUT2D eigenvalue weighted by molar-refractivity contribution is 7.89. The second kappa shape index (κ2) is 6.93. The molecule has 0 aliphatic carbocycles. The average Bonchev–Trinajstić information content (AvgIpc) is 3.23. The summed E-state index contributed by atoms with van der Waals surface area (Å²) in [6.07, 6.45) is 2.16. The van der Waals surface area contributed by atoms with Crippen LogP contribution in [0.4, 0.5) is 8.78 Å². The summed E-state index contributed by atoms with van der Waals surface area (Å²) in [4.78, 5) is 14.6. The van der Waals surface area contributed by atoms with E-state index < -0.39 is 38.5 Å². The van der Waals surface area contributed by atoms with Gasteiger partial charge in [-0.3, -0.25) is 4.79 Å². The van der Waals surface area contributed by atoms with Crippen molar-refractivity contribution in [3.63, 3.8) is 0 Å². The van der Waals surface area contributed by atoms with E-state index in [1.165, 1.54) is 12.1 Å². The van der Waals surface area contributed by atoms with E-state index in [0.29, 0.717) is 3.97 Å². The molecule has 0 saturated carbocycles. The molecule has 3 N–H and O–H groups in total. The summed E-state index contributed by atoms with van der Waals surface area (Å²) in [5, 5.41) is 2.05. The molecular formula is C16H14F2N4O4S. The number of hydrogen-bond acceptors (Lipinski definition) is 6. The lowest BCUT2D eigenvalue weighted by molar-refractivity contribution is 0.0968. The first kappa shape index (κ1) is 18.7. The van der Waals surface area contributed by atoms with Crippen molar-refractivity contribution in [2.24, 2.45) is 5.73 Å². The Morgan fingerprint density at radius 1 is 1.33 bits per heavy atom. The molecule has 3 aromatic heterocycles. The van der Waals surface area contributed by atoms with E-state index in [4.69, 9.17) is 10.2 Å². The van der Waals surface area contributed by atoms with Crippen LogP contribution in [0.5, 0.6) is 0 Å². The van der Waals surface area contributed by atoms with Gasteiger partial charge in [0, 0.05) is 24.5 Å². The number of primary amides is 1. The van der Waals surface area contributed by atoms with Gasteiger partial charge in [-0.15, -0.1) is 0 Å². The predicted octanol–water partition coefficient (Wildman–Crippen LogP) is 1.48. The first-order valence-electron chi connectivity index (χ1n) is 7.57. The second-order valence-corrected chi connectivity index (χ2v) is 7.22. The van der Waals surface area contributed by atoms with Crippen LogP contribution < -0.4 is 11.1 Å². The minimum Gasteiger partial charge on any atom is -0.438 e. The Morgan fingerprint density at radius 3 is 2.67 bits per heavy atom. The number of nitrogens with zero attached hydrogens (tertiary/aromatic N) is 2. The molecule has 142 valence electrons. The second-order valence-electron chi connectivity index (χ2n) is 5.47. The van der Waals surface area contributed by atoms with Crippen molar-refractivity contribution in [3.8, 4) is 11.3 Å². The van der Waals surface area contributed by atoms with Gasteiger partial charge < -0.3 is 15.5 Å². The van der Waals surface area contributed by atoms with Crippen LogP contribution in [0.1, 0.15) is 16.1 Å². The molecule has 3 rings (SSSR count). The summed E-state index contributed by atoms with van der Waals surface area (Å²) in [5.74, 6) is -3.32. The molecule has 0 atom stereocenters. The highest BCUT2D eigenvalue weighted by atomic mass is 32.2. The van der Waals surface area contributed by atoms with Crippen LogP contribution >= 0.6 is 0 Å². The number of halogens is 2. The Kier molecular flexibility index (Phi) is 4.81. The fourth-order valence-corrected chi connectivity index (χ4v) is 3.82. The van der Waals surface area contributed by atoms with Gasteiger partial charge in [0.05, 0.1) is 5.56 Å². The molecule has 0 unspecified atom stereocenters. The van der Waals surface area contributed by atoms with Gasteiger partial charge in [0.15, 0.2) is 11.6 Å². The van der Waals surface area contributed by atoms with E-state index in [9.17, 15) is 22.0 Å². The maximum atomic E-state index is 14.9. The lowest BCUT2D eigenvalue weighted by Crippen LogP contribution is -2.14. The highest BCUT2D eigenvalue weighted by Gasteiger charge is 2.30. The molecule has 27 heavy (non-hydrogen) atoms. The number of nitrogens with two attached hydrogens (primary N) is 1. The van der Waals surface area contributed by atoms with E-state index in [-0.39, 0.29) is 23.4 Å². The first-order valence-corrected chi connectivity index (χ1v) is 9.01. The SMILES string of the molecule is CNCc1cn(S(=O)(=O)c2ccc(C(N)=O)o2)c(-c2cccnc2F)c1F. The molecule has 0 saturated heterocycles. The maximum Gasteiger partial charge on any atom is 0.301 e. The quantitative estimate of drug-likeness (QED) is 0.609. The Bertz CT molecular complexity index is 1120. The van der Waals surface area contributed by atoms with E-state index in [0.717, 1.165) is 24.5 Å². The number of hydrogen-bond donors (Lipinski definition) is 2. The van der Waals surface area contributed by atoms with Crippen LogP contribution in [0.3, 0.4) is 0 Å². The van der Waals surface area contributed by atoms with Gasteiger partial charge in [0.1, 0.15) is 5.69 Å². The summed E-state index contributed by atoms with van der Waals surface area (Å²) in [6, 6.07) is 4.63.